The summed E-state index contributed by atoms with van der Waals surface area (Å²) in [4.78, 5) is 12.5. The van der Waals surface area contributed by atoms with Crippen molar-refractivity contribution < 1.29 is 22.3 Å². The van der Waals surface area contributed by atoms with Gasteiger partial charge in [-0.05, 0) is 66.6 Å². The van der Waals surface area contributed by atoms with Crippen LogP contribution in [0, 0.1) is 5.82 Å². The van der Waals surface area contributed by atoms with Crippen molar-refractivity contribution in [2.24, 2.45) is 0 Å². The van der Waals surface area contributed by atoms with Gasteiger partial charge in [0.05, 0.1) is 17.7 Å². The van der Waals surface area contributed by atoms with Gasteiger partial charge in [-0.1, -0.05) is 18.2 Å². The number of amides is 1. The Labute approximate surface area is 181 Å². The van der Waals surface area contributed by atoms with Crippen LogP contribution < -0.4 is 14.4 Å². The number of methoxy groups -OCH3 is 1. The Kier molecular flexibility index (Phi) is 6.91. The molecule has 3 rings (SSSR count). The van der Waals surface area contributed by atoms with Gasteiger partial charge < -0.3 is 10.1 Å². The highest BCUT2D eigenvalue weighted by molar-refractivity contribution is 7.92. The van der Waals surface area contributed by atoms with Gasteiger partial charge in [0.1, 0.15) is 11.6 Å². The van der Waals surface area contributed by atoms with E-state index in [0.29, 0.717) is 18.7 Å². The van der Waals surface area contributed by atoms with E-state index in [1.54, 1.807) is 13.2 Å². The summed E-state index contributed by atoms with van der Waals surface area (Å²) in [5, 5.41) is 2.80. The first-order chi connectivity index (χ1) is 14.8. The summed E-state index contributed by atoms with van der Waals surface area (Å²) in [5.74, 6) is -0.0609. The first kappa shape index (κ1) is 22.3. The molecule has 0 saturated carbocycles. The fourth-order valence-electron chi connectivity index (χ4n) is 2.96. The highest BCUT2D eigenvalue weighted by Crippen LogP contribution is 2.23. The quantitative estimate of drug-likeness (QED) is 0.578. The lowest BCUT2D eigenvalue weighted by Crippen LogP contribution is -2.28. The second-order valence-electron chi connectivity index (χ2n) is 6.83. The maximum absolute atomic E-state index is 13.1. The molecule has 0 radical (unpaired) electrons. The molecule has 0 heterocycles. The molecule has 0 aliphatic heterocycles. The van der Waals surface area contributed by atoms with Crippen molar-refractivity contribution in [3.8, 4) is 5.75 Å². The molecule has 0 atom stereocenters. The van der Waals surface area contributed by atoms with Gasteiger partial charge >= 0.3 is 0 Å². The molecule has 8 heteroatoms. The Balaban J connectivity index is 1.68. The number of carbonyl (C=O) groups is 1. The minimum atomic E-state index is -3.91. The molecular weight excluding hydrogens is 419 g/mol. The minimum absolute atomic E-state index is 0.0258. The highest BCUT2D eigenvalue weighted by Gasteiger charge is 2.22. The van der Waals surface area contributed by atoms with E-state index in [-0.39, 0.29) is 16.4 Å². The molecule has 6 nitrogen and oxygen atoms in total. The van der Waals surface area contributed by atoms with E-state index in [9.17, 15) is 17.6 Å². The van der Waals surface area contributed by atoms with Crippen LogP contribution in [0.3, 0.4) is 0 Å². The summed E-state index contributed by atoms with van der Waals surface area (Å²) < 4.78 is 45.2. The van der Waals surface area contributed by atoms with Crippen molar-refractivity contribution in [1.82, 2.24) is 5.32 Å². The van der Waals surface area contributed by atoms with Crippen LogP contribution in [0.1, 0.15) is 15.9 Å². The number of nitrogens with zero attached hydrogens (tertiary/aromatic N) is 1. The number of carbonyl (C=O) groups excluding carboxylic acids is 1. The molecule has 0 unspecified atom stereocenters. The molecule has 31 heavy (non-hydrogen) atoms. The fourth-order valence-corrected chi connectivity index (χ4v) is 4.20. The third-order valence-corrected chi connectivity index (χ3v) is 6.58. The van der Waals surface area contributed by atoms with Crippen molar-refractivity contribution in [1.29, 1.82) is 0 Å². The number of hydrogen-bond donors (Lipinski definition) is 1. The summed E-state index contributed by atoms with van der Waals surface area (Å²) in [6, 6.07) is 18.5. The molecule has 0 bridgehead atoms. The molecular formula is C23H23FN2O4S. The normalized spacial score (nSPS) is 11.1. The number of ether oxygens (including phenoxy) is 1. The number of nitrogens with one attached hydrogen (secondary N) is 1. The topological polar surface area (TPSA) is 75.7 Å². The smallest absolute Gasteiger partial charge is 0.264 e. The van der Waals surface area contributed by atoms with Crippen molar-refractivity contribution >= 4 is 21.6 Å². The molecule has 0 aromatic heterocycles. The van der Waals surface area contributed by atoms with Crippen LogP contribution in [0.15, 0.2) is 77.7 Å². The highest BCUT2D eigenvalue weighted by atomic mass is 32.2. The summed E-state index contributed by atoms with van der Waals surface area (Å²) in [5.41, 5.74) is 1.59. The molecule has 3 aromatic carbocycles. The number of rotatable bonds is 8. The minimum Gasteiger partial charge on any atom is -0.497 e. The zero-order valence-electron chi connectivity index (χ0n) is 17.2. The van der Waals surface area contributed by atoms with Crippen LogP contribution in [0.5, 0.6) is 5.75 Å². The number of anilines is 1. The van der Waals surface area contributed by atoms with E-state index < -0.39 is 15.8 Å². The standard InChI is InChI=1S/C23H23FN2O4S/c1-26(20-10-8-19(24)9-11-20)31(28,29)22-5-3-4-18(16-22)23(27)25-15-14-17-6-12-21(30-2)13-7-17/h3-13,16H,14-15H2,1-2H3,(H,25,27). The van der Waals surface area contributed by atoms with Crippen LogP contribution in [0.4, 0.5) is 10.1 Å². The average Bonchev–Trinajstić information content (AvgIpc) is 2.79. The Morgan fingerprint density at radius 2 is 1.71 bits per heavy atom. The summed E-state index contributed by atoms with van der Waals surface area (Å²) in [6.07, 6.45) is 0.626. The van der Waals surface area contributed by atoms with Gasteiger partial charge in [0, 0.05) is 19.2 Å². The third-order valence-electron chi connectivity index (χ3n) is 4.80. The lowest BCUT2D eigenvalue weighted by molar-refractivity contribution is 0.0954. The number of hydrogen-bond acceptors (Lipinski definition) is 4. The van der Waals surface area contributed by atoms with E-state index in [0.717, 1.165) is 15.6 Å². The van der Waals surface area contributed by atoms with E-state index in [4.69, 9.17) is 4.74 Å². The molecule has 1 N–H and O–H groups in total. The number of halogens is 1. The van der Waals surface area contributed by atoms with Crippen LogP contribution in [0.25, 0.3) is 0 Å². The molecule has 0 aliphatic carbocycles. The van der Waals surface area contributed by atoms with Crippen LogP contribution >= 0.6 is 0 Å². The van der Waals surface area contributed by atoms with E-state index in [1.807, 2.05) is 24.3 Å². The molecule has 0 saturated heterocycles. The van der Waals surface area contributed by atoms with Gasteiger partial charge in [0.15, 0.2) is 0 Å². The predicted molar refractivity (Wildman–Crippen MR) is 117 cm³/mol. The SMILES string of the molecule is COc1ccc(CCNC(=O)c2cccc(S(=O)(=O)N(C)c3ccc(F)cc3)c2)cc1. The Bertz CT molecular complexity index is 1150. The fraction of sp³-hybridized carbons (Fsp3) is 0.174. The van der Waals surface area contributed by atoms with Gasteiger partial charge in [-0.15, -0.1) is 0 Å². The lowest BCUT2D eigenvalue weighted by atomic mass is 10.1. The number of benzene rings is 3. The zero-order valence-corrected chi connectivity index (χ0v) is 18.0. The zero-order chi connectivity index (χ0) is 22.4. The average molecular weight is 443 g/mol. The Morgan fingerprint density at radius 1 is 1.03 bits per heavy atom. The van der Waals surface area contributed by atoms with Crippen molar-refractivity contribution in [2.45, 2.75) is 11.3 Å². The van der Waals surface area contributed by atoms with Crippen LogP contribution in [0.2, 0.25) is 0 Å². The van der Waals surface area contributed by atoms with Gasteiger partial charge in [-0.2, -0.15) is 0 Å². The second-order valence-corrected chi connectivity index (χ2v) is 8.80. The molecule has 3 aromatic rings. The largest absolute Gasteiger partial charge is 0.497 e. The molecule has 162 valence electrons. The van der Waals surface area contributed by atoms with Crippen molar-refractivity contribution in [3.63, 3.8) is 0 Å². The first-order valence-electron chi connectivity index (χ1n) is 9.57. The van der Waals surface area contributed by atoms with Gasteiger partial charge in [-0.3, -0.25) is 9.10 Å². The Hall–Kier alpha value is -3.39. The van der Waals surface area contributed by atoms with Crippen LogP contribution in [-0.2, 0) is 16.4 Å². The van der Waals surface area contributed by atoms with Crippen LogP contribution in [-0.4, -0.2) is 35.0 Å². The summed E-state index contributed by atoms with van der Waals surface area (Å²) >= 11 is 0. The second kappa shape index (κ2) is 9.61. The van der Waals surface area contributed by atoms with Crippen molar-refractivity contribution in [2.75, 3.05) is 25.0 Å². The van der Waals surface area contributed by atoms with Crippen molar-refractivity contribution in [3.05, 3.63) is 89.7 Å². The molecule has 0 aliphatic rings. The van der Waals surface area contributed by atoms with Gasteiger partial charge in [0.2, 0.25) is 0 Å². The lowest BCUT2D eigenvalue weighted by Gasteiger charge is -2.19. The third kappa shape index (κ3) is 5.40. The molecule has 1 amide bonds. The number of sulfonamides is 1. The summed E-state index contributed by atoms with van der Waals surface area (Å²) in [6.45, 7) is 0.400. The first-order valence-corrected chi connectivity index (χ1v) is 11.0. The predicted octanol–water partition coefficient (Wildman–Crippen LogP) is 3.63. The maximum Gasteiger partial charge on any atom is 0.264 e. The van der Waals surface area contributed by atoms with E-state index >= 15 is 0 Å². The monoisotopic (exact) mass is 442 g/mol. The molecule has 0 spiro atoms. The molecule has 0 fully saturated rings. The Morgan fingerprint density at radius 3 is 2.35 bits per heavy atom. The van der Waals surface area contributed by atoms with Gasteiger partial charge in [0.25, 0.3) is 15.9 Å². The summed E-state index contributed by atoms with van der Waals surface area (Å²) in [7, 11) is -0.935. The van der Waals surface area contributed by atoms with E-state index in [1.165, 1.54) is 49.5 Å². The van der Waals surface area contributed by atoms with Gasteiger partial charge in [-0.25, -0.2) is 12.8 Å². The van der Waals surface area contributed by atoms with E-state index in [2.05, 4.69) is 5.32 Å². The maximum atomic E-state index is 13.1.